The first kappa shape index (κ1) is 16.1. The van der Waals surface area contributed by atoms with Crippen LogP contribution in [0.3, 0.4) is 0 Å². The maximum absolute atomic E-state index is 5.75. The second-order valence-corrected chi connectivity index (χ2v) is 6.86. The van der Waals surface area contributed by atoms with Gasteiger partial charge in [-0.1, -0.05) is 28.1 Å². The fourth-order valence-electron chi connectivity index (χ4n) is 2.50. The van der Waals surface area contributed by atoms with Gasteiger partial charge in [0.1, 0.15) is 5.75 Å². The molecule has 0 amide bonds. The summed E-state index contributed by atoms with van der Waals surface area (Å²) in [5, 5.41) is 3.57. The number of rotatable bonds is 6. The van der Waals surface area contributed by atoms with Crippen LogP contribution in [0.2, 0.25) is 0 Å². The van der Waals surface area contributed by atoms with Crippen LogP contribution in [0.4, 0.5) is 0 Å². The molecule has 0 aliphatic heterocycles. The summed E-state index contributed by atoms with van der Waals surface area (Å²) in [5.41, 5.74) is 1.19. The average Bonchev–Trinajstić information content (AvgIpc) is 2.43. The molecule has 20 heavy (non-hydrogen) atoms. The molecule has 0 spiro atoms. The lowest BCUT2D eigenvalue weighted by Gasteiger charge is -2.19. The van der Waals surface area contributed by atoms with Gasteiger partial charge in [0.2, 0.25) is 0 Å². The number of hydrogen-bond acceptors (Lipinski definition) is 2. The van der Waals surface area contributed by atoms with E-state index in [2.05, 4.69) is 55.4 Å². The van der Waals surface area contributed by atoms with Crippen molar-refractivity contribution in [3.05, 3.63) is 38.8 Å². The van der Waals surface area contributed by atoms with Crippen molar-refractivity contribution in [3.63, 3.8) is 0 Å². The predicted octanol–water partition coefficient (Wildman–Crippen LogP) is 5.06. The molecule has 1 N–H and O–H groups in total. The topological polar surface area (TPSA) is 21.3 Å². The molecule has 1 aromatic rings. The van der Waals surface area contributed by atoms with Crippen LogP contribution < -0.4 is 10.1 Å². The van der Waals surface area contributed by atoms with E-state index in [1.54, 1.807) is 0 Å². The molecule has 0 aromatic heterocycles. The molecule has 4 heteroatoms. The van der Waals surface area contributed by atoms with Crippen LogP contribution in [-0.4, -0.2) is 13.2 Å². The quantitative estimate of drug-likeness (QED) is 0.671. The molecule has 1 aromatic carbocycles. The third kappa shape index (κ3) is 4.61. The van der Waals surface area contributed by atoms with Gasteiger partial charge in [0.15, 0.2) is 0 Å². The number of halogens is 2. The second-order valence-electron chi connectivity index (χ2n) is 5.09. The SMILES string of the molecule is CCOc1c(Br)cc(Br)cc1CNCC1CC=CCC1. The summed E-state index contributed by atoms with van der Waals surface area (Å²) >= 11 is 7.12. The van der Waals surface area contributed by atoms with Crippen LogP contribution in [0.15, 0.2) is 33.2 Å². The summed E-state index contributed by atoms with van der Waals surface area (Å²) in [7, 11) is 0. The lowest BCUT2D eigenvalue weighted by Crippen LogP contribution is -2.23. The minimum Gasteiger partial charge on any atom is -0.492 e. The van der Waals surface area contributed by atoms with Gasteiger partial charge >= 0.3 is 0 Å². The standard InChI is InChI=1S/C16H21Br2NO/c1-2-20-16-13(8-14(17)9-15(16)18)11-19-10-12-6-4-3-5-7-12/h3-4,8-9,12,19H,2,5-7,10-11H2,1H3. The molecule has 0 saturated carbocycles. The lowest BCUT2D eigenvalue weighted by molar-refractivity contribution is 0.332. The predicted molar refractivity (Wildman–Crippen MR) is 91.2 cm³/mol. The largest absolute Gasteiger partial charge is 0.492 e. The Morgan fingerprint density at radius 2 is 2.15 bits per heavy atom. The Labute approximate surface area is 138 Å². The van der Waals surface area contributed by atoms with E-state index in [0.717, 1.165) is 33.7 Å². The first-order valence-corrected chi connectivity index (χ1v) is 8.75. The summed E-state index contributed by atoms with van der Waals surface area (Å²) < 4.78 is 7.83. The van der Waals surface area contributed by atoms with Crippen LogP contribution in [0, 0.1) is 5.92 Å². The van der Waals surface area contributed by atoms with Crippen LogP contribution in [-0.2, 0) is 6.54 Å². The van der Waals surface area contributed by atoms with Gasteiger partial charge in [0.05, 0.1) is 11.1 Å². The highest BCUT2D eigenvalue weighted by Crippen LogP contribution is 2.33. The normalized spacial score (nSPS) is 18.2. The molecule has 0 radical (unpaired) electrons. The molecular weight excluding hydrogens is 382 g/mol. The van der Waals surface area contributed by atoms with E-state index in [1.165, 1.54) is 24.8 Å². The number of benzene rings is 1. The van der Waals surface area contributed by atoms with Crippen molar-refractivity contribution in [1.82, 2.24) is 5.32 Å². The molecule has 1 aliphatic rings. The molecule has 0 fully saturated rings. The summed E-state index contributed by atoms with van der Waals surface area (Å²) in [5.74, 6) is 1.72. The van der Waals surface area contributed by atoms with Crippen molar-refractivity contribution in [2.24, 2.45) is 5.92 Å². The number of ether oxygens (including phenoxy) is 1. The van der Waals surface area contributed by atoms with Gasteiger partial charge < -0.3 is 10.1 Å². The van der Waals surface area contributed by atoms with Gasteiger partial charge in [-0.2, -0.15) is 0 Å². The van der Waals surface area contributed by atoms with Gasteiger partial charge in [0.25, 0.3) is 0 Å². The molecule has 2 rings (SSSR count). The van der Waals surface area contributed by atoms with Gasteiger partial charge in [-0.05, 0) is 66.7 Å². The van der Waals surface area contributed by atoms with Crippen molar-refractivity contribution in [2.75, 3.05) is 13.2 Å². The molecule has 1 atom stereocenters. The van der Waals surface area contributed by atoms with E-state index in [0.29, 0.717) is 6.61 Å². The summed E-state index contributed by atoms with van der Waals surface area (Å²) in [6, 6.07) is 4.16. The van der Waals surface area contributed by atoms with E-state index in [-0.39, 0.29) is 0 Å². The maximum Gasteiger partial charge on any atom is 0.138 e. The van der Waals surface area contributed by atoms with Gasteiger partial charge in [0, 0.05) is 16.6 Å². The first-order chi connectivity index (χ1) is 9.70. The maximum atomic E-state index is 5.75. The Balaban J connectivity index is 1.95. The average molecular weight is 403 g/mol. The Bertz CT molecular complexity index is 474. The van der Waals surface area contributed by atoms with E-state index in [4.69, 9.17) is 4.74 Å². The minimum atomic E-state index is 0.681. The minimum absolute atomic E-state index is 0.681. The van der Waals surface area contributed by atoms with Crippen molar-refractivity contribution in [3.8, 4) is 5.75 Å². The zero-order valence-electron chi connectivity index (χ0n) is 11.8. The second kappa shape index (κ2) is 8.20. The summed E-state index contributed by atoms with van der Waals surface area (Å²) in [6.45, 7) is 4.61. The highest BCUT2D eigenvalue weighted by molar-refractivity contribution is 9.11. The van der Waals surface area contributed by atoms with E-state index in [9.17, 15) is 0 Å². The molecule has 0 heterocycles. The molecule has 2 nitrogen and oxygen atoms in total. The van der Waals surface area contributed by atoms with Gasteiger partial charge in [-0.15, -0.1) is 0 Å². The lowest BCUT2D eigenvalue weighted by atomic mass is 9.94. The van der Waals surface area contributed by atoms with Crippen molar-refractivity contribution in [1.29, 1.82) is 0 Å². The van der Waals surface area contributed by atoms with Crippen LogP contribution in [0.25, 0.3) is 0 Å². The van der Waals surface area contributed by atoms with E-state index in [1.807, 2.05) is 13.0 Å². The fraction of sp³-hybridized carbons (Fsp3) is 0.500. The molecule has 1 aliphatic carbocycles. The zero-order chi connectivity index (χ0) is 14.4. The summed E-state index contributed by atoms with van der Waals surface area (Å²) in [4.78, 5) is 0. The fourth-order valence-corrected chi connectivity index (χ4v) is 3.93. The highest BCUT2D eigenvalue weighted by atomic mass is 79.9. The summed E-state index contributed by atoms with van der Waals surface area (Å²) in [6.07, 6.45) is 8.31. The van der Waals surface area contributed by atoms with Gasteiger partial charge in [-0.25, -0.2) is 0 Å². The van der Waals surface area contributed by atoms with Crippen LogP contribution in [0.1, 0.15) is 31.7 Å². The van der Waals surface area contributed by atoms with Crippen molar-refractivity contribution in [2.45, 2.75) is 32.7 Å². The van der Waals surface area contributed by atoms with Crippen LogP contribution >= 0.6 is 31.9 Å². The number of hydrogen-bond donors (Lipinski definition) is 1. The van der Waals surface area contributed by atoms with Crippen molar-refractivity contribution < 1.29 is 4.74 Å². The van der Waals surface area contributed by atoms with Crippen LogP contribution in [0.5, 0.6) is 5.75 Å². The first-order valence-electron chi connectivity index (χ1n) is 7.17. The number of allylic oxidation sites excluding steroid dienone is 2. The van der Waals surface area contributed by atoms with Crippen molar-refractivity contribution >= 4 is 31.9 Å². The smallest absolute Gasteiger partial charge is 0.138 e. The Kier molecular flexibility index (Phi) is 6.59. The molecule has 110 valence electrons. The third-order valence-corrected chi connectivity index (χ3v) is 4.55. The molecule has 1 unspecified atom stereocenters. The number of nitrogens with one attached hydrogen (secondary N) is 1. The zero-order valence-corrected chi connectivity index (χ0v) is 15.0. The highest BCUT2D eigenvalue weighted by Gasteiger charge is 2.12. The third-order valence-electron chi connectivity index (χ3n) is 3.50. The molecule has 0 bridgehead atoms. The molecular formula is C16H21Br2NO. The molecule has 0 saturated heterocycles. The monoisotopic (exact) mass is 401 g/mol. The van der Waals surface area contributed by atoms with Gasteiger partial charge in [-0.3, -0.25) is 0 Å². The Morgan fingerprint density at radius 1 is 1.30 bits per heavy atom. The Morgan fingerprint density at radius 3 is 2.85 bits per heavy atom. The Hall–Kier alpha value is -0.320. The van der Waals surface area contributed by atoms with E-state index >= 15 is 0 Å². The van der Waals surface area contributed by atoms with E-state index < -0.39 is 0 Å².